The Morgan fingerprint density at radius 1 is 0.944 bits per heavy atom. The number of amides is 1. The predicted octanol–water partition coefficient (Wildman–Crippen LogP) is 5.07. The maximum Gasteiger partial charge on any atom is 0.265 e. The maximum atomic E-state index is 13.9. The van der Waals surface area contributed by atoms with Crippen LogP contribution in [0.5, 0.6) is 17.2 Å². The van der Waals surface area contributed by atoms with Crippen LogP contribution >= 0.6 is 11.6 Å². The van der Waals surface area contributed by atoms with Gasteiger partial charge >= 0.3 is 0 Å². The van der Waals surface area contributed by atoms with Gasteiger partial charge in [-0.2, -0.15) is 0 Å². The summed E-state index contributed by atoms with van der Waals surface area (Å²) in [6, 6.07) is 14.5. The van der Waals surface area contributed by atoms with E-state index < -0.39 is 22.5 Å². The Bertz CT molecular complexity index is 1360. The molecule has 10 heteroatoms. The van der Waals surface area contributed by atoms with Gasteiger partial charge in [0.1, 0.15) is 12.3 Å². The summed E-state index contributed by atoms with van der Waals surface area (Å²) < 4.78 is 44.7. The first kappa shape index (κ1) is 27.2. The molecule has 0 spiro atoms. The fourth-order valence-electron chi connectivity index (χ4n) is 3.77. The molecule has 0 unspecified atom stereocenters. The number of hydrogen-bond acceptors (Lipinski definition) is 6. The minimum atomic E-state index is -4.28. The molecule has 8 nitrogen and oxygen atoms in total. The molecular formula is C26H29ClN2O6S. The Morgan fingerprint density at radius 3 is 2.25 bits per heavy atom. The first-order chi connectivity index (χ1) is 17.2. The van der Waals surface area contributed by atoms with Crippen LogP contribution in [-0.2, 0) is 21.2 Å². The number of anilines is 2. The number of aryl methyl sites for hydroxylation is 2. The van der Waals surface area contributed by atoms with Crippen molar-refractivity contribution in [2.24, 2.45) is 0 Å². The van der Waals surface area contributed by atoms with Crippen molar-refractivity contribution in [3.8, 4) is 17.2 Å². The molecular weight excluding hydrogens is 504 g/mol. The number of sulfonamides is 1. The fraction of sp³-hybridized carbons (Fsp3) is 0.269. The zero-order valence-electron chi connectivity index (χ0n) is 20.8. The number of halogens is 1. The first-order valence-electron chi connectivity index (χ1n) is 11.1. The number of para-hydroxylation sites is 1. The molecule has 3 rings (SSSR count). The van der Waals surface area contributed by atoms with Gasteiger partial charge in [0.25, 0.3) is 10.0 Å². The Labute approximate surface area is 216 Å². The molecule has 0 aliphatic rings. The zero-order chi connectivity index (χ0) is 26.5. The highest BCUT2D eigenvalue weighted by atomic mass is 35.5. The van der Waals surface area contributed by atoms with E-state index in [2.05, 4.69) is 5.32 Å². The lowest BCUT2D eigenvalue weighted by atomic mass is 10.1. The Balaban J connectivity index is 2.10. The van der Waals surface area contributed by atoms with Gasteiger partial charge in [0.05, 0.1) is 31.9 Å². The Morgan fingerprint density at radius 2 is 1.61 bits per heavy atom. The Hall–Kier alpha value is -3.43. The summed E-state index contributed by atoms with van der Waals surface area (Å²) in [7, 11) is -0.000630. The molecule has 192 valence electrons. The molecule has 0 atom stereocenters. The van der Waals surface area contributed by atoms with E-state index in [4.69, 9.17) is 25.8 Å². The van der Waals surface area contributed by atoms with Gasteiger partial charge in [-0.3, -0.25) is 9.10 Å². The largest absolute Gasteiger partial charge is 0.495 e. The fourth-order valence-corrected chi connectivity index (χ4v) is 5.38. The predicted molar refractivity (Wildman–Crippen MR) is 141 cm³/mol. The number of carbonyl (C=O) groups excluding carboxylic acids is 1. The topological polar surface area (TPSA) is 94.2 Å². The third-order valence-electron chi connectivity index (χ3n) is 5.64. The van der Waals surface area contributed by atoms with E-state index in [1.165, 1.54) is 45.6 Å². The molecule has 0 aromatic heterocycles. The van der Waals surface area contributed by atoms with E-state index in [0.717, 1.165) is 15.4 Å². The summed E-state index contributed by atoms with van der Waals surface area (Å²) in [5.41, 5.74) is 2.59. The van der Waals surface area contributed by atoms with Gasteiger partial charge < -0.3 is 19.5 Å². The van der Waals surface area contributed by atoms with Gasteiger partial charge in [0, 0.05) is 16.8 Å². The van der Waals surface area contributed by atoms with Crippen molar-refractivity contribution in [2.45, 2.75) is 25.2 Å². The number of hydrogen-bond donors (Lipinski definition) is 1. The van der Waals surface area contributed by atoms with Crippen LogP contribution in [0.2, 0.25) is 5.02 Å². The average molecular weight is 533 g/mol. The molecule has 3 aromatic rings. The highest BCUT2D eigenvalue weighted by molar-refractivity contribution is 7.92. The third-order valence-corrected chi connectivity index (χ3v) is 7.64. The van der Waals surface area contributed by atoms with E-state index >= 15 is 0 Å². The number of carbonyl (C=O) groups is 1. The van der Waals surface area contributed by atoms with Crippen LogP contribution in [0.3, 0.4) is 0 Å². The molecule has 0 saturated heterocycles. The molecule has 36 heavy (non-hydrogen) atoms. The maximum absolute atomic E-state index is 13.9. The van der Waals surface area contributed by atoms with Gasteiger partial charge in [0.2, 0.25) is 5.91 Å². The second kappa shape index (κ2) is 11.5. The molecule has 3 aromatic carbocycles. The van der Waals surface area contributed by atoms with E-state index in [1.54, 1.807) is 12.1 Å². The standard InChI is InChI=1S/C26H29ClN2O6S/c1-6-18-9-7-8-17(2)26(18)28-25(30)16-29(21-14-19(27)10-12-22(21)33-3)36(31,32)20-11-13-23(34-4)24(15-20)35-5/h7-15H,6,16H2,1-5H3,(H,28,30). The molecule has 0 bridgehead atoms. The second-order valence-electron chi connectivity index (χ2n) is 7.86. The molecule has 0 radical (unpaired) electrons. The minimum absolute atomic E-state index is 0.0971. The summed E-state index contributed by atoms with van der Waals surface area (Å²) in [6.45, 7) is 3.34. The molecule has 1 N–H and O–H groups in total. The van der Waals surface area contributed by atoms with Crippen molar-refractivity contribution >= 4 is 38.9 Å². The minimum Gasteiger partial charge on any atom is -0.495 e. The van der Waals surface area contributed by atoms with E-state index in [1.807, 2.05) is 32.0 Å². The second-order valence-corrected chi connectivity index (χ2v) is 10.2. The lowest BCUT2D eigenvalue weighted by Crippen LogP contribution is -2.38. The molecule has 0 aliphatic heterocycles. The van der Waals surface area contributed by atoms with Crippen molar-refractivity contribution in [2.75, 3.05) is 37.5 Å². The average Bonchev–Trinajstić information content (AvgIpc) is 2.87. The Kier molecular flexibility index (Phi) is 8.70. The zero-order valence-corrected chi connectivity index (χ0v) is 22.4. The van der Waals surface area contributed by atoms with Crippen LogP contribution in [0.1, 0.15) is 18.1 Å². The van der Waals surface area contributed by atoms with Crippen molar-refractivity contribution in [3.05, 3.63) is 70.7 Å². The van der Waals surface area contributed by atoms with Crippen molar-refractivity contribution in [3.63, 3.8) is 0 Å². The van der Waals surface area contributed by atoms with E-state index in [0.29, 0.717) is 17.9 Å². The monoisotopic (exact) mass is 532 g/mol. The molecule has 0 fully saturated rings. The first-order valence-corrected chi connectivity index (χ1v) is 12.9. The summed E-state index contributed by atoms with van der Waals surface area (Å²) in [5.74, 6) is 0.313. The molecule has 0 heterocycles. The van der Waals surface area contributed by atoms with Crippen LogP contribution in [0, 0.1) is 6.92 Å². The van der Waals surface area contributed by atoms with Crippen molar-refractivity contribution in [1.82, 2.24) is 0 Å². The third kappa shape index (κ3) is 5.68. The van der Waals surface area contributed by atoms with Crippen LogP contribution < -0.4 is 23.8 Å². The highest BCUT2D eigenvalue weighted by Crippen LogP contribution is 2.37. The van der Waals surface area contributed by atoms with Gasteiger partial charge in [-0.05, 0) is 54.8 Å². The summed E-state index contributed by atoms with van der Waals surface area (Å²) >= 11 is 6.21. The van der Waals surface area contributed by atoms with Gasteiger partial charge in [0.15, 0.2) is 11.5 Å². The molecule has 0 aliphatic carbocycles. The van der Waals surface area contributed by atoms with Crippen LogP contribution in [0.15, 0.2) is 59.5 Å². The smallest absolute Gasteiger partial charge is 0.265 e. The summed E-state index contributed by atoms with van der Waals surface area (Å²) in [4.78, 5) is 13.2. The van der Waals surface area contributed by atoms with Crippen molar-refractivity contribution < 1.29 is 27.4 Å². The van der Waals surface area contributed by atoms with Crippen LogP contribution in [0.25, 0.3) is 0 Å². The van der Waals surface area contributed by atoms with E-state index in [9.17, 15) is 13.2 Å². The lowest BCUT2D eigenvalue weighted by molar-refractivity contribution is -0.114. The van der Waals surface area contributed by atoms with Gasteiger partial charge in [-0.25, -0.2) is 8.42 Å². The number of nitrogens with zero attached hydrogens (tertiary/aromatic N) is 1. The van der Waals surface area contributed by atoms with Crippen LogP contribution in [0.4, 0.5) is 11.4 Å². The number of ether oxygens (including phenoxy) is 3. The number of methoxy groups -OCH3 is 3. The lowest BCUT2D eigenvalue weighted by Gasteiger charge is -2.26. The number of benzene rings is 3. The van der Waals surface area contributed by atoms with Crippen molar-refractivity contribution in [1.29, 1.82) is 0 Å². The summed E-state index contributed by atoms with van der Waals surface area (Å²) in [6.07, 6.45) is 0.701. The number of nitrogens with one attached hydrogen (secondary N) is 1. The number of rotatable bonds is 10. The van der Waals surface area contributed by atoms with E-state index in [-0.39, 0.29) is 27.1 Å². The SMILES string of the molecule is CCc1cccc(C)c1NC(=O)CN(c1cc(Cl)ccc1OC)S(=O)(=O)c1ccc(OC)c(OC)c1. The quantitative estimate of drug-likeness (QED) is 0.392. The normalized spacial score (nSPS) is 11.1. The van der Waals surface area contributed by atoms with Gasteiger partial charge in [-0.15, -0.1) is 0 Å². The van der Waals surface area contributed by atoms with Crippen LogP contribution in [-0.4, -0.2) is 42.2 Å². The molecule has 1 amide bonds. The van der Waals surface area contributed by atoms with Gasteiger partial charge in [-0.1, -0.05) is 36.7 Å². The summed E-state index contributed by atoms with van der Waals surface area (Å²) in [5, 5.41) is 3.17. The highest BCUT2D eigenvalue weighted by Gasteiger charge is 2.31. The molecule has 0 saturated carbocycles.